The van der Waals surface area contributed by atoms with Gasteiger partial charge in [-0.2, -0.15) is 0 Å². The van der Waals surface area contributed by atoms with E-state index in [2.05, 4.69) is 0 Å². The highest BCUT2D eigenvalue weighted by Crippen LogP contribution is 2.36. The van der Waals surface area contributed by atoms with Crippen LogP contribution < -0.4 is 4.74 Å². The van der Waals surface area contributed by atoms with Gasteiger partial charge in [0.15, 0.2) is 0 Å². The Kier molecular flexibility index (Phi) is 4.73. The van der Waals surface area contributed by atoms with Crippen LogP contribution in [0.1, 0.15) is 36.7 Å². The van der Waals surface area contributed by atoms with Crippen molar-refractivity contribution in [1.82, 2.24) is 0 Å². The molecule has 2 aromatic rings. The lowest BCUT2D eigenvalue weighted by atomic mass is 9.81. The lowest BCUT2D eigenvalue weighted by molar-refractivity contribution is 0.0600. The number of halogens is 1. The molecule has 0 atom stereocenters. The van der Waals surface area contributed by atoms with Gasteiger partial charge in [0.05, 0.1) is 19.8 Å². The van der Waals surface area contributed by atoms with Gasteiger partial charge < -0.3 is 9.47 Å². The van der Waals surface area contributed by atoms with Crippen LogP contribution in [0, 0.1) is 5.82 Å². The summed E-state index contributed by atoms with van der Waals surface area (Å²) in [5.41, 5.74) is 2.19. The molecule has 0 amide bonds. The number of carbonyl (C=O) groups excluding carboxylic acids is 1. The molecule has 0 aliphatic rings. The van der Waals surface area contributed by atoms with E-state index in [0.717, 1.165) is 5.56 Å². The highest BCUT2D eigenvalue weighted by molar-refractivity contribution is 5.91. The van der Waals surface area contributed by atoms with E-state index in [-0.39, 0.29) is 11.2 Å². The smallest absolute Gasteiger partial charge is 0.337 e. The Labute approximate surface area is 136 Å². The lowest BCUT2D eigenvalue weighted by Gasteiger charge is -2.24. The van der Waals surface area contributed by atoms with Crippen molar-refractivity contribution >= 4 is 5.97 Å². The maximum Gasteiger partial charge on any atom is 0.337 e. The fourth-order valence-electron chi connectivity index (χ4n) is 2.50. The molecular weight excluding hydrogens is 295 g/mol. The van der Waals surface area contributed by atoms with Gasteiger partial charge in [0.1, 0.15) is 11.6 Å². The molecule has 2 rings (SSSR count). The highest BCUT2D eigenvalue weighted by atomic mass is 19.1. The molecule has 0 aliphatic heterocycles. The molecule has 0 radical (unpaired) electrons. The van der Waals surface area contributed by atoms with Crippen molar-refractivity contribution in [2.75, 3.05) is 14.2 Å². The van der Waals surface area contributed by atoms with Gasteiger partial charge >= 0.3 is 5.97 Å². The normalized spacial score (nSPS) is 11.2. The standard InChI is InChI=1S/C19H21FO3/c1-19(2,3)16-8-6-12(18(21)23-5)10-14(16)15-11-13(22-4)7-9-17(15)20/h6-11H,1-5H3. The molecule has 3 nitrogen and oxygen atoms in total. The fraction of sp³-hybridized carbons (Fsp3) is 0.316. The summed E-state index contributed by atoms with van der Waals surface area (Å²) >= 11 is 0. The molecule has 2 aromatic carbocycles. The van der Waals surface area contributed by atoms with Crippen LogP contribution in [-0.4, -0.2) is 20.2 Å². The second-order valence-corrected chi connectivity index (χ2v) is 6.35. The second kappa shape index (κ2) is 6.41. The zero-order valence-electron chi connectivity index (χ0n) is 14.1. The molecule has 23 heavy (non-hydrogen) atoms. The second-order valence-electron chi connectivity index (χ2n) is 6.35. The topological polar surface area (TPSA) is 35.5 Å². The third-order valence-corrected chi connectivity index (χ3v) is 3.71. The minimum absolute atomic E-state index is 0.209. The molecular formula is C19H21FO3. The quantitative estimate of drug-likeness (QED) is 0.777. The molecule has 0 N–H and O–H groups in total. The number of hydrogen-bond acceptors (Lipinski definition) is 3. The van der Waals surface area contributed by atoms with Crippen LogP contribution in [-0.2, 0) is 10.2 Å². The number of esters is 1. The van der Waals surface area contributed by atoms with E-state index in [4.69, 9.17) is 9.47 Å². The SMILES string of the molecule is COC(=O)c1ccc(C(C)(C)C)c(-c2cc(OC)ccc2F)c1. The third kappa shape index (κ3) is 3.52. The highest BCUT2D eigenvalue weighted by Gasteiger charge is 2.22. The third-order valence-electron chi connectivity index (χ3n) is 3.71. The molecule has 4 heteroatoms. The van der Waals surface area contributed by atoms with Crippen LogP contribution in [0.4, 0.5) is 4.39 Å². The fourth-order valence-corrected chi connectivity index (χ4v) is 2.50. The molecule has 0 unspecified atom stereocenters. The van der Waals surface area contributed by atoms with E-state index in [1.807, 2.05) is 26.8 Å². The van der Waals surface area contributed by atoms with E-state index >= 15 is 0 Å². The largest absolute Gasteiger partial charge is 0.497 e. The van der Waals surface area contributed by atoms with E-state index in [9.17, 15) is 9.18 Å². The van der Waals surface area contributed by atoms with E-state index in [1.165, 1.54) is 20.3 Å². The number of carbonyl (C=O) groups is 1. The molecule has 0 aromatic heterocycles. The minimum atomic E-state index is -0.449. The summed E-state index contributed by atoms with van der Waals surface area (Å²) in [6.07, 6.45) is 0. The summed E-state index contributed by atoms with van der Waals surface area (Å²) in [4.78, 5) is 11.8. The first-order chi connectivity index (χ1) is 10.8. The predicted octanol–water partition coefficient (Wildman–Crippen LogP) is 4.59. The first-order valence-electron chi connectivity index (χ1n) is 7.34. The Hall–Kier alpha value is -2.36. The maximum atomic E-state index is 14.4. The Bertz CT molecular complexity index is 730. The molecule has 0 aliphatic carbocycles. The van der Waals surface area contributed by atoms with Gasteiger partial charge in [0, 0.05) is 5.56 Å². The summed E-state index contributed by atoms with van der Waals surface area (Å²) in [5.74, 6) is -0.252. The van der Waals surface area contributed by atoms with Crippen molar-refractivity contribution in [3.05, 3.63) is 53.3 Å². The summed E-state index contributed by atoms with van der Waals surface area (Å²) < 4.78 is 24.4. The van der Waals surface area contributed by atoms with E-state index in [1.54, 1.807) is 24.3 Å². The maximum absolute atomic E-state index is 14.4. The number of hydrogen-bond donors (Lipinski definition) is 0. The van der Waals surface area contributed by atoms with Crippen molar-refractivity contribution in [2.45, 2.75) is 26.2 Å². The summed E-state index contributed by atoms with van der Waals surface area (Å²) in [5, 5.41) is 0. The molecule has 0 bridgehead atoms. The van der Waals surface area contributed by atoms with Gasteiger partial charge in [-0.05, 0) is 46.9 Å². The minimum Gasteiger partial charge on any atom is -0.497 e. The van der Waals surface area contributed by atoms with Crippen LogP contribution in [0.25, 0.3) is 11.1 Å². The van der Waals surface area contributed by atoms with Crippen LogP contribution in [0.5, 0.6) is 5.75 Å². The summed E-state index contributed by atoms with van der Waals surface area (Å²) in [6, 6.07) is 9.80. The lowest BCUT2D eigenvalue weighted by Crippen LogP contribution is -2.14. The van der Waals surface area contributed by atoms with Crippen LogP contribution in [0.2, 0.25) is 0 Å². The zero-order valence-corrected chi connectivity index (χ0v) is 14.1. The van der Waals surface area contributed by atoms with Crippen molar-refractivity contribution in [3.63, 3.8) is 0 Å². The van der Waals surface area contributed by atoms with Gasteiger partial charge in [-0.15, -0.1) is 0 Å². The molecule has 0 fully saturated rings. The number of methoxy groups -OCH3 is 2. The number of rotatable bonds is 3. The number of ether oxygens (including phenoxy) is 2. The van der Waals surface area contributed by atoms with Gasteiger partial charge in [0.25, 0.3) is 0 Å². The molecule has 0 saturated heterocycles. The average molecular weight is 316 g/mol. The first-order valence-corrected chi connectivity index (χ1v) is 7.34. The average Bonchev–Trinajstić information content (AvgIpc) is 2.53. The Morgan fingerprint density at radius 2 is 1.70 bits per heavy atom. The van der Waals surface area contributed by atoms with Crippen molar-refractivity contribution < 1.29 is 18.7 Å². The molecule has 0 saturated carbocycles. The van der Waals surface area contributed by atoms with Crippen LogP contribution in [0.15, 0.2) is 36.4 Å². The van der Waals surface area contributed by atoms with Crippen LogP contribution in [0.3, 0.4) is 0 Å². The summed E-state index contributed by atoms with van der Waals surface area (Å²) in [7, 11) is 2.86. The molecule has 0 heterocycles. The van der Waals surface area contributed by atoms with Gasteiger partial charge in [-0.1, -0.05) is 26.8 Å². The Morgan fingerprint density at radius 3 is 2.26 bits per heavy atom. The summed E-state index contributed by atoms with van der Waals surface area (Å²) in [6.45, 7) is 6.13. The van der Waals surface area contributed by atoms with E-state index < -0.39 is 5.97 Å². The van der Waals surface area contributed by atoms with E-state index in [0.29, 0.717) is 22.4 Å². The van der Waals surface area contributed by atoms with Gasteiger partial charge in [0.2, 0.25) is 0 Å². The molecule has 0 spiro atoms. The first kappa shape index (κ1) is 17.0. The van der Waals surface area contributed by atoms with Crippen LogP contribution >= 0.6 is 0 Å². The van der Waals surface area contributed by atoms with Gasteiger partial charge in [-0.3, -0.25) is 0 Å². The predicted molar refractivity (Wildman–Crippen MR) is 88.4 cm³/mol. The van der Waals surface area contributed by atoms with Gasteiger partial charge in [-0.25, -0.2) is 9.18 Å². The van der Waals surface area contributed by atoms with Crippen molar-refractivity contribution in [3.8, 4) is 16.9 Å². The number of benzene rings is 2. The Morgan fingerprint density at radius 1 is 1.00 bits per heavy atom. The molecule has 122 valence electrons. The van der Waals surface area contributed by atoms with Crippen molar-refractivity contribution in [2.24, 2.45) is 0 Å². The van der Waals surface area contributed by atoms with Crippen molar-refractivity contribution in [1.29, 1.82) is 0 Å². The zero-order chi connectivity index (χ0) is 17.2. The monoisotopic (exact) mass is 316 g/mol. The Balaban J connectivity index is 2.74.